The molecule has 1 heterocycles. The normalized spacial score (nSPS) is 20.3. The van der Waals surface area contributed by atoms with E-state index in [1.54, 1.807) is 24.3 Å². The molecule has 0 radical (unpaired) electrons. The minimum absolute atomic E-state index is 0.0639. The number of piperidine rings is 1. The molecule has 1 aromatic carbocycles. The molecule has 1 aromatic rings. The zero-order valence-corrected chi connectivity index (χ0v) is 14.5. The molecule has 2 unspecified atom stereocenters. The van der Waals surface area contributed by atoms with Crippen molar-refractivity contribution >= 4 is 21.9 Å². The number of carbonyl (C=O) groups excluding carboxylic acids is 1. The predicted octanol–water partition coefficient (Wildman–Crippen LogP) is 0.985. The molecular weight excluding hydrogens is 332 g/mol. The quantitative estimate of drug-likeness (QED) is 0.820. The van der Waals surface area contributed by atoms with Crippen LogP contribution < -0.4 is 5.32 Å². The van der Waals surface area contributed by atoms with Gasteiger partial charge in [-0.1, -0.05) is 17.7 Å². The van der Waals surface area contributed by atoms with Gasteiger partial charge in [0.15, 0.2) is 0 Å². The zero-order valence-electron chi connectivity index (χ0n) is 13.7. The molecule has 1 fully saturated rings. The molecule has 1 aliphatic rings. The Kier molecular flexibility index (Phi) is 5.61. The first-order valence-corrected chi connectivity index (χ1v) is 9.26. The third-order valence-electron chi connectivity index (χ3n) is 4.14. The second-order valence-electron chi connectivity index (χ2n) is 6.08. The number of hydrogen-bond acceptors (Lipinski definition) is 4. The van der Waals surface area contributed by atoms with Crippen molar-refractivity contribution in [2.45, 2.75) is 37.6 Å². The lowest BCUT2D eigenvalue weighted by Gasteiger charge is -2.31. The largest absolute Gasteiger partial charge is 0.480 e. The van der Waals surface area contributed by atoms with Gasteiger partial charge >= 0.3 is 5.97 Å². The van der Waals surface area contributed by atoms with Crippen LogP contribution in [0, 0.1) is 12.8 Å². The van der Waals surface area contributed by atoms with E-state index in [2.05, 4.69) is 5.32 Å². The van der Waals surface area contributed by atoms with Gasteiger partial charge in [-0.25, -0.2) is 8.42 Å². The van der Waals surface area contributed by atoms with Crippen LogP contribution in [0.5, 0.6) is 0 Å². The summed E-state index contributed by atoms with van der Waals surface area (Å²) in [4.78, 5) is 23.2. The Labute approximate surface area is 141 Å². The molecule has 0 aliphatic carbocycles. The van der Waals surface area contributed by atoms with E-state index in [4.69, 9.17) is 5.11 Å². The standard InChI is InChI=1S/C16H22N2O5S/c1-11-5-7-14(8-6-11)24(22,23)18-9-3-4-13(10-18)15(19)17-12(2)16(20)21/h5-8,12-13H,3-4,9-10H2,1-2H3,(H,17,19)(H,20,21). The summed E-state index contributed by atoms with van der Waals surface area (Å²) in [7, 11) is -3.65. The van der Waals surface area contributed by atoms with Crippen LogP contribution in [-0.2, 0) is 19.6 Å². The van der Waals surface area contributed by atoms with E-state index in [0.717, 1.165) is 5.56 Å². The number of nitrogens with zero attached hydrogens (tertiary/aromatic N) is 1. The topological polar surface area (TPSA) is 104 Å². The van der Waals surface area contributed by atoms with Crippen LogP contribution in [0.4, 0.5) is 0 Å². The van der Waals surface area contributed by atoms with Gasteiger partial charge in [0, 0.05) is 13.1 Å². The van der Waals surface area contributed by atoms with Gasteiger partial charge in [-0.05, 0) is 38.8 Å². The first-order chi connectivity index (χ1) is 11.2. The maximum Gasteiger partial charge on any atom is 0.325 e. The highest BCUT2D eigenvalue weighted by atomic mass is 32.2. The lowest BCUT2D eigenvalue weighted by atomic mass is 9.98. The lowest BCUT2D eigenvalue weighted by molar-refractivity contribution is -0.142. The Hall–Kier alpha value is -1.93. The van der Waals surface area contributed by atoms with Crippen molar-refractivity contribution in [2.75, 3.05) is 13.1 Å². The van der Waals surface area contributed by atoms with Gasteiger partial charge in [-0.3, -0.25) is 9.59 Å². The molecule has 7 nitrogen and oxygen atoms in total. The van der Waals surface area contributed by atoms with Gasteiger partial charge in [0.25, 0.3) is 0 Å². The van der Waals surface area contributed by atoms with Crippen molar-refractivity contribution in [1.29, 1.82) is 0 Å². The van der Waals surface area contributed by atoms with Crippen LogP contribution in [-0.4, -0.2) is 48.8 Å². The van der Waals surface area contributed by atoms with E-state index in [-0.39, 0.29) is 11.4 Å². The highest BCUT2D eigenvalue weighted by Gasteiger charge is 2.34. The second-order valence-corrected chi connectivity index (χ2v) is 8.02. The van der Waals surface area contributed by atoms with Crippen LogP contribution in [0.1, 0.15) is 25.3 Å². The zero-order chi connectivity index (χ0) is 17.9. The fraction of sp³-hybridized carbons (Fsp3) is 0.500. The molecule has 132 valence electrons. The van der Waals surface area contributed by atoms with Crippen molar-refractivity contribution in [2.24, 2.45) is 5.92 Å². The average Bonchev–Trinajstić information content (AvgIpc) is 2.55. The molecule has 24 heavy (non-hydrogen) atoms. The summed E-state index contributed by atoms with van der Waals surface area (Å²) in [6, 6.07) is 5.58. The van der Waals surface area contributed by atoms with Gasteiger partial charge in [0.05, 0.1) is 10.8 Å². The van der Waals surface area contributed by atoms with Gasteiger partial charge in [-0.2, -0.15) is 4.31 Å². The summed E-state index contributed by atoms with van der Waals surface area (Å²) in [6.45, 7) is 3.67. The summed E-state index contributed by atoms with van der Waals surface area (Å²) < 4.78 is 26.7. The SMILES string of the molecule is Cc1ccc(S(=O)(=O)N2CCCC(C(=O)NC(C)C(=O)O)C2)cc1. The Balaban J connectivity index is 2.11. The van der Waals surface area contributed by atoms with Gasteiger partial charge in [0.1, 0.15) is 6.04 Å². The third kappa shape index (κ3) is 4.12. The maximum atomic E-state index is 12.7. The number of sulfonamides is 1. The first-order valence-electron chi connectivity index (χ1n) is 7.82. The molecule has 2 atom stereocenters. The summed E-state index contributed by atoms with van der Waals surface area (Å²) in [5.74, 6) is -2.09. The van der Waals surface area contributed by atoms with Crippen molar-refractivity contribution in [1.82, 2.24) is 9.62 Å². The molecule has 0 bridgehead atoms. The van der Waals surface area contributed by atoms with Crippen LogP contribution in [0.25, 0.3) is 0 Å². The first kappa shape index (κ1) is 18.4. The molecule has 0 aromatic heterocycles. The van der Waals surface area contributed by atoms with Crippen LogP contribution >= 0.6 is 0 Å². The molecule has 2 N–H and O–H groups in total. The molecule has 1 amide bonds. The summed E-state index contributed by atoms with van der Waals surface area (Å²) >= 11 is 0. The highest BCUT2D eigenvalue weighted by Crippen LogP contribution is 2.24. The molecule has 0 spiro atoms. The predicted molar refractivity (Wildman–Crippen MR) is 87.9 cm³/mol. The van der Waals surface area contributed by atoms with Gasteiger partial charge in [-0.15, -0.1) is 0 Å². The molecule has 1 aliphatic heterocycles. The Morgan fingerprint density at radius 1 is 1.29 bits per heavy atom. The monoisotopic (exact) mass is 354 g/mol. The van der Waals surface area contributed by atoms with Crippen molar-refractivity contribution in [3.05, 3.63) is 29.8 Å². The lowest BCUT2D eigenvalue weighted by Crippen LogP contribution is -2.48. The van der Waals surface area contributed by atoms with Crippen LogP contribution in [0.15, 0.2) is 29.2 Å². The number of hydrogen-bond donors (Lipinski definition) is 2. The number of nitrogens with one attached hydrogen (secondary N) is 1. The van der Waals surface area contributed by atoms with E-state index in [1.165, 1.54) is 11.2 Å². The summed E-state index contributed by atoms with van der Waals surface area (Å²) in [5.41, 5.74) is 0.965. The molecule has 2 rings (SSSR count). The summed E-state index contributed by atoms with van der Waals surface area (Å²) in [5, 5.41) is 11.3. The fourth-order valence-corrected chi connectivity index (χ4v) is 4.15. The van der Waals surface area contributed by atoms with Crippen molar-refractivity contribution in [3.63, 3.8) is 0 Å². The molecule has 0 saturated carbocycles. The van der Waals surface area contributed by atoms with Crippen molar-refractivity contribution in [3.8, 4) is 0 Å². The fourth-order valence-electron chi connectivity index (χ4n) is 2.63. The minimum atomic E-state index is -3.65. The summed E-state index contributed by atoms with van der Waals surface area (Å²) in [6.07, 6.45) is 1.10. The maximum absolute atomic E-state index is 12.7. The third-order valence-corrected chi connectivity index (χ3v) is 6.02. The number of benzene rings is 1. The average molecular weight is 354 g/mol. The highest BCUT2D eigenvalue weighted by molar-refractivity contribution is 7.89. The number of rotatable bonds is 5. The van der Waals surface area contributed by atoms with Crippen LogP contribution in [0.3, 0.4) is 0 Å². The minimum Gasteiger partial charge on any atom is -0.480 e. The molecular formula is C16H22N2O5S. The number of carboxylic acids is 1. The van der Waals surface area contributed by atoms with Crippen molar-refractivity contribution < 1.29 is 23.1 Å². The van der Waals surface area contributed by atoms with Crippen LogP contribution in [0.2, 0.25) is 0 Å². The van der Waals surface area contributed by atoms with E-state index >= 15 is 0 Å². The number of carboxylic acid groups (broad SMARTS) is 1. The smallest absolute Gasteiger partial charge is 0.325 e. The Morgan fingerprint density at radius 2 is 1.92 bits per heavy atom. The molecule has 1 saturated heterocycles. The second kappa shape index (κ2) is 7.31. The van der Waals surface area contributed by atoms with E-state index in [9.17, 15) is 18.0 Å². The number of carbonyl (C=O) groups is 2. The Morgan fingerprint density at radius 3 is 2.50 bits per heavy atom. The van der Waals surface area contributed by atoms with Gasteiger partial charge in [0.2, 0.25) is 15.9 Å². The number of aliphatic carboxylic acids is 1. The molecule has 8 heteroatoms. The van der Waals surface area contributed by atoms with Gasteiger partial charge < -0.3 is 10.4 Å². The van der Waals surface area contributed by atoms with E-state index in [1.807, 2.05) is 6.92 Å². The Bertz CT molecular complexity index is 714. The number of amides is 1. The van der Waals surface area contributed by atoms with E-state index < -0.39 is 33.9 Å². The van der Waals surface area contributed by atoms with E-state index in [0.29, 0.717) is 19.4 Å². The number of aryl methyl sites for hydroxylation is 1.